The van der Waals surface area contributed by atoms with Crippen molar-refractivity contribution in [3.8, 4) is 0 Å². The molecular weight excluding hydrogens is 291 g/mol. The average Bonchev–Trinajstić information content (AvgIpc) is 1.99. The highest BCUT2D eigenvalue weighted by Crippen LogP contribution is 2.11. The minimum atomic E-state index is 0.172. The van der Waals surface area contributed by atoms with Crippen LogP contribution in [0.15, 0.2) is 0 Å². The van der Waals surface area contributed by atoms with Crippen LogP contribution in [0, 0.1) is 5.92 Å². The fraction of sp³-hybridized carbons (Fsp3) is 0.900. The van der Waals surface area contributed by atoms with Gasteiger partial charge in [-0.05, 0) is 6.92 Å². The number of nitrogens with one attached hydrogen (secondary N) is 1. The molecule has 14 heavy (non-hydrogen) atoms. The summed E-state index contributed by atoms with van der Waals surface area (Å²) < 4.78 is 0.514. The Hall–Kier alpha value is 0.320. The van der Waals surface area contributed by atoms with Crippen LogP contribution in [0.5, 0.6) is 0 Å². The summed E-state index contributed by atoms with van der Waals surface area (Å²) in [5, 5.41) is 3.45. The predicted octanol–water partition coefficient (Wildman–Crippen LogP) is 1.27. The quantitative estimate of drug-likeness (QED) is 0.471. The van der Waals surface area contributed by atoms with E-state index in [4.69, 9.17) is 0 Å². The molecule has 0 radical (unpaired) electrons. The maximum Gasteiger partial charge on any atom is 0.149 e. The van der Waals surface area contributed by atoms with Crippen LogP contribution in [0.2, 0.25) is 0 Å². The summed E-state index contributed by atoms with van der Waals surface area (Å²) in [5.74, 6) is 0.525. The second-order valence-corrected chi connectivity index (χ2v) is 6.16. The Labute approximate surface area is 99.8 Å². The molecule has 1 N–H and O–H groups in total. The molecule has 0 saturated carbocycles. The number of halogens is 1. The predicted molar refractivity (Wildman–Crippen MR) is 66.7 cm³/mol. The van der Waals surface area contributed by atoms with E-state index in [1.54, 1.807) is 0 Å². The molecule has 1 aliphatic rings. The van der Waals surface area contributed by atoms with Gasteiger partial charge in [0.25, 0.3) is 0 Å². The lowest BCUT2D eigenvalue weighted by molar-refractivity contribution is -0.124. The Kier molecular flexibility index (Phi) is 4.79. The fourth-order valence-electron chi connectivity index (χ4n) is 1.53. The highest BCUT2D eigenvalue weighted by atomic mass is 127. The Balaban J connectivity index is 2.13. The minimum Gasteiger partial charge on any atom is -0.300 e. The molecular formula is C10H19IN2O. The Morgan fingerprint density at radius 3 is 2.50 bits per heavy atom. The highest BCUT2D eigenvalue weighted by molar-refractivity contribution is 14.1. The lowest BCUT2D eigenvalue weighted by Crippen LogP contribution is -2.60. The largest absolute Gasteiger partial charge is 0.300 e. The van der Waals surface area contributed by atoms with Crippen molar-refractivity contribution < 1.29 is 4.79 Å². The molecule has 1 saturated heterocycles. The molecule has 3 nitrogen and oxygen atoms in total. The number of likely N-dealkylation sites (tertiary alicyclic amines) is 1. The van der Waals surface area contributed by atoms with E-state index < -0.39 is 0 Å². The molecule has 1 atom stereocenters. The summed E-state index contributed by atoms with van der Waals surface area (Å²) in [7, 11) is 0. The number of Topliss-reactive ketones (excluding diaryl/α,β-unsaturated/α-hetero) is 1. The van der Waals surface area contributed by atoms with Gasteiger partial charge in [0.05, 0.1) is 10.6 Å². The van der Waals surface area contributed by atoms with Crippen molar-refractivity contribution in [2.24, 2.45) is 5.92 Å². The van der Waals surface area contributed by atoms with Gasteiger partial charge in [0.1, 0.15) is 5.78 Å². The molecule has 1 aliphatic heterocycles. The van der Waals surface area contributed by atoms with Gasteiger partial charge in [0, 0.05) is 25.0 Å². The lowest BCUT2D eigenvalue weighted by Gasteiger charge is -2.40. The number of hydrogen-bond donors (Lipinski definition) is 1. The average molecular weight is 310 g/mol. The summed E-state index contributed by atoms with van der Waals surface area (Å²) in [6.07, 6.45) is 0. The monoisotopic (exact) mass is 310 g/mol. The number of carbonyl (C=O) groups excluding carboxylic acids is 1. The number of rotatable bonds is 5. The second kappa shape index (κ2) is 5.42. The first kappa shape index (κ1) is 12.4. The Bertz CT molecular complexity index is 200. The van der Waals surface area contributed by atoms with Gasteiger partial charge >= 0.3 is 0 Å². The first-order valence-electron chi connectivity index (χ1n) is 5.14. The van der Waals surface area contributed by atoms with Crippen molar-refractivity contribution in [2.45, 2.75) is 30.9 Å². The van der Waals surface area contributed by atoms with Crippen molar-refractivity contribution in [3.05, 3.63) is 0 Å². The molecule has 0 aromatic carbocycles. The maximum atomic E-state index is 11.4. The van der Waals surface area contributed by atoms with Crippen molar-refractivity contribution in [2.75, 3.05) is 19.6 Å². The molecule has 1 heterocycles. The highest BCUT2D eigenvalue weighted by Gasteiger charge is 2.28. The zero-order valence-corrected chi connectivity index (χ0v) is 11.2. The van der Waals surface area contributed by atoms with Gasteiger partial charge in [0.2, 0.25) is 0 Å². The van der Waals surface area contributed by atoms with Crippen molar-refractivity contribution in [3.63, 3.8) is 0 Å². The van der Waals surface area contributed by atoms with Crippen LogP contribution < -0.4 is 5.32 Å². The second-order valence-electron chi connectivity index (χ2n) is 4.29. The van der Waals surface area contributed by atoms with E-state index in [0.717, 1.165) is 13.1 Å². The molecule has 0 aromatic rings. The topological polar surface area (TPSA) is 32.3 Å². The molecule has 82 valence electrons. The molecule has 0 aliphatic carbocycles. The Morgan fingerprint density at radius 1 is 1.50 bits per heavy atom. The molecule has 4 heteroatoms. The summed E-state index contributed by atoms with van der Waals surface area (Å²) in [4.78, 5) is 13.6. The molecule has 0 bridgehead atoms. The van der Waals surface area contributed by atoms with Gasteiger partial charge in [-0.2, -0.15) is 0 Å². The summed E-state index contributed by atoms with van der Waals surface area (Å²) in [6.45, 7) is 8.74. The third kappa shape index (κ3) is 3.82. The van der Waals surface area contributed by atoms with Crippen LogP contribution in [-0.4, -0.2) is 40.4 Å². The van der Waals surface area contributed by atoms with Crippen molar-refractivity contribution in [1.29, 1.82) is 0 Å². The Morgan fingerprint density at radius 2 is 2.07 bits per heavy atom. The van der Waals surface area contributed by atoms with Crippen LogP contribution >= 0.6 is 22.6 Å². The number of nitrogens with zero attached hydrogens (tertiary/aromatic N) is 1. The van der Waals surface area contributed by atoms with E-state index >= 15 is 0 Å². The van der Waals surface area contributed by atoms with E-state index in [0.29, 0.717) is 22.4 Å². The zero-order valence-electron chi connectivity index (χ0n) is 9.09. The number of hydrogen-bond acceptors (Lipinski definition) is 3. The standard InChI is InChI=1S/C10H19IN2O/c1-7(2)10(14)6-13-4-9(5-13)12-8(3)11/h7-9,12H,4-6H2,1-3H3. The molecule has 0 amide bonds. The first-order valence-corrected chi connectivity index (χ1v) is 6.38. The van der Waals surface area contributed by atoms with E-state index in [2.05, 4.69) is 39.7 Å². The lowest BCUT2D eigenvalue weighted by atomic mass is 10.0. The SMILES string of the molecule is CC(I)NC1CN(CC(=O)C(C)C)C1. The van der Waals surface area contributed by atoms with Crippen molar-refractivity contribution in [1.82, 2.24) is 10.2 Å². The van der Waals surface area contributed by atoms with Crippen LogP contribution in [-0.2, 0) is 4.79 Å². The number of carbonyl (C=O) groups is 1. The van der Waals surface area contributed by atoms with Gasteiger partial charge in [-0.15, -0.1) is 0 Å². The van der Waals surface area contributed by atoms with Gasteiger partial charge in [0.15, 0.2) is 0 Å². The van der Waals surface area contributed by atoms with E-state index in [1.165, 1.54) is 0 Å². The van der Waals surface area contributed by atoms with E-state index in [9.17, 15) is 4.79 Å². The van der Waals surface area contributed by atoms with Crippen LogP contribution in [0.3, 0.4) is 0 Å². The van der Waals surface area contributed by atoms with Gasteiger partial charge in [-0.3, -0.25) is 9.69 Å². The van der Waals surface area contributed by atoms with Gasteiger partial charge in [-0.25, -0.2) is 0 Å². The normalized spacial score (nSPS) is 20.9. The van der Waals surface area contributed by atoms with Crippen molar-refractivity contribution >= 4 is 28.4 Å². The van der Waals surface area contributed by atoms with E-state index in [1.807, 2.05) is 13.8 Å². The minimum absolute atomic E-state index is 0.172. The third-order valence-electron chi connectivity index (χ3n) is 2.45. The molecule has 0 spiro atoms. The maximum absolute atomic E-state index is 11.4. The molecule has 1 unspecified atom stereocenters. The van der Waals surface area contributed by atoms with Crippen LogP contribution in [0.1, 0.15) is 20.8 Å². The molecule has 1 fully saturated rings. The van der Waals surface area contributed by atoms with Crippen LogP contribution in [0.25, 0.3) is 0 Å². The first-order chi connectivity index (χ1) is 6.49. The van der Waals surface area contributed by atoms with Crippen LogP contribution in [0.4, 0.5) is 0 Å². The fourth-order valence-corrected chi connectivity index (χ4v) is 2.04. The number of ketones is 1. The summed E-state index contributed by atoms with van der Waals surface area (Å²) >= 11 is 2.36. The zero-order chi connectivity index (χ0) is 10.7. The number of alkyl halides is 1. The van der Waals surface area contributed by atoms with Gasteiger partial charge in [-0.1, -0.05) is 36.4 Å². The smallest absolute Gasteiger partial charge is 0.149 e. The van der Waals surface area contributed by atoms with Gasteiger partial charge < -0.3 is 5.32 Å². The van der Waals surface area contributed by atoms with E-state index in [-0.39, 0.29) is 5.92 Å². The summed E-state index contributed by atoms with van der Waals surface area (Å²) in [5.41, 5.74) is 0. The molecule has 0 aromatic heterocycles. The molecule has 1 rings (SSSR count). The summed E-state index contributed by atoms with van der Waals surface area (Å²) in [6, 6.07) is 0.585. The third-order valence-corrected chi connectivity index (χ3v) is 2.81.